The number of hydrogen-bond donors (Lipinski definition) is 3. The molecule has 2 aromatic rings. The number of amides is 1. The summed E-state index contributed by atoms with van der Waals surface area (Å²) in [5.74, 6) is -0.378. The molecule has 0 radical (unpaired) electrons. The van der Waals surface area contributed by atoms with Crippen molar-refractivity contribution in [1.82, 2.24) is 10.3 Å². The predicted octanol–water partition coefficient (Wildman–Crippen LogP) is 2.50. The van der Waals surface area contributed by atoms with Gasteiger partial charge in [-0.15, -0.1) is 0 Å². The molecule has 1 unspecified atom stereocenters. The molecule has 1 atom stereocenters. The van der Waals surface area contributed by atoms with Crippen LogP contribution in [0.25, 0.3) is 10.9 Å². The lowest BCUT2D eigenvalue weighted by atomic mass is 9.76. The lowest BCUT2D eigenvalue weighted by molar-refractivity contribution is -0.384. The van der Waals surface area contributed by atoms with Gasteiger partial charge in [-0.2, -0.15) is 0 Å². The van der Waals surface area contributed by atoms with Gasteiger partial charge in [-0.05, 0) is 31.7 Å². The van der Waals surface area contributed by atoms with E-state index >= 15 is 0 Å². The molecule has 1 aliphatic carbocycles. The molecular formula is C19H23N3O5. The lowest BCUT2D eigenvalue weighted by Crippen LogP contribution is -2.54. The van der Waals surface area contributed by atoms with E-state index in [1.165, 1.54) is 18.2 Å². The van der Waals surface area contributed by atoms with E-state index in [9.17, 15) is 24.8 Å². The molecule has 0 spiro atoms. The van der Waals surface area contributed by atoms with Gasteiger partial charge in [0.25, 0.3) is 11.6 Å². The van der Waals surface area contributed by atoms with Crippen molar-refractivity contribution < 1.29 is 14.8 Å². The third-order valence-corrected chi connectivity index (χ3v) is 5.52. The molecule has 8 nitrogen and oxygen atoms in total. The zero-order valence-corrected chi connectivity index (χ0v) is 15.2. The standard InChI is InChI=1S/C19H23N3O5/c1-19(11-23,12-5-3-2-4-6-12)21-18(25)15-10-17(24)20-16-8-7-13(22(26)27)9-14(15)16/h7-10,12,23H,2-6,11H2,1H3,(H,20,24)(H,21,25). The molecule has 1 fully saturated rings. The van der Waals surface area contributed by atoms with E-state index in [4.69, 9.17) is 0 Å². The highest BCUT2D eigenvalue weighted by Gasteiger charge is 2.36. The minimum absolute atomic E-state index is 0.0629. The number of rotatable bonds is 5. The molecule has 3 N–H and O–H groups in total. The number of aromatic nitrogens is 1. The van der Waals surface area contributed by atoms with Gasteiger partial charge in [0, 0.05) is 29.1 Å². The third kappa shape index (κ3) is 3.85. The lowest BCUT2D eigenvalue weighted by Gasteiger charge is -2.39. The molecule has 1 heterocycles. The number of H-pyrrole nitrogens is 1. The van der Waals surface area contributed by atoms with Crippen LogP contribution in [0.15, 0.2) is 29.1 Å². The smallest absolute Gasteiger partial charge is 0.270 e. The van der Waals surface area contributed by atoms with Crippen LogP contribution in [0, 0.1) is 16.0 Å². The molecule has 1 aromatic heterocycles. The maximum absolute atomic E-state index is 13.0. The van der Waals surface area contributed by atoms with E-state index in [0.29, 0.717) is 10.9 Å². The van der Waals surface area contributed by atoms with Crippen LogP contribution < -0.4 is 10.9 Å². The van der Waals surface area contributed by atoms with Crippen LogP contribution in [0.3, 0.4) is 0 Å². The quantitative estimate of drug-likeness (QED) is 0.548. The van der Waals surface area contributed by atoms with Crippen LogP contribution in [0.1, 0.15) is 49.4 Å². The van der Waals surface area contributed by atoms with Crippen LogP contribution in [0.4, 0.5) is 5.69 Å². The summed E-state index contributed by atoms with van der Waals surface area (Å²) in [4.78, 5) is 38.0. The Bertz CT molecular complexity index is 933. The Morgan fingerprint density at radius 3 is 2.67 bits per heavy atom. The highest BCUT2D eigenvalue weighted by molar-refractivity contribution is 6.06. The Morgan fingerprint density at radius 1 is 1.33 bits per heavy atom. The largest absolute Gasteiger partial charge is 0.394 e. The Balaban J connectivity index is 2.00. The van der Waals surface area contributed by atoms with E-state index in [2.05, 4.69) is 10.3 Å². The number of nitrogens with one attached hydrogen (secondary N) is 2. The maximum Gasteiger partial charge on any atom is 0.270 e. The summed E-state index contributed by atoms with van der Waals surface area (Å²) in [6.07, 6.45) is 5.08. The number of nitro benzene ring substituents is 1. The number of carbonyl (C=O) groups is 1. The second-order valence-corrected chi connectivity index (χ2v) is 7.40. The van der Waals surface area contributed by atoms with Gasteiger partial charge in [-0.25, -0.2) is 0 Å². The van der Waals surface area contributed by atoms with Gasteiger partial charge in [-0.1, -0.05) is 19.3 Å². The first-order valence-corrected chi connectivity index (χ1v) is 9.09. The van der Waals surface area contributed by atoms with Gasteiger partial charge in [0.05, 0.1) is 22.6 Å². The highest BCUT2D eigenvalue weighted by atomic mass is 16.6. The molecule has 0 saturated heterocycles. The number of nitrogens with zero attached hydrogens (tertiary/aromatic N) is 1. The van der Waals surface area contributed by atoms with Gasteiger partial charge in [-0.3, -0.25) is 19.7 Å². The fraction of sp³-hybridized carbons (Fsp3) is 0.474. The molecule has 3 rings (SSSR count). The summed E-state index contributed by atoms with van der Waals surface area (Å²) in [5, 5.41) is 24.2. The summed E-state index contributed by atoms with van der Waals surface area (Å²) in [5.41, 5.74) is -1.03. The zero-order chi connectivity index (χ0) is 19.6. The number of fused-ring (bicyclic) bond motifs is 1. The Kier molecular flexibility index (Phi) is 5.27. The number of aliphatic hydroxyl groups excluding tert-OH is 1. The van der Waals surface area contributed by atoms with Crippen LogP contribution in [-0.2, 0) is 0 Å². The van der Waals surface area contributed by atoms with Crippen molar-refractivity contribution in [2.75, 3.05) is 6.61 Å². The van der Waals surface area contributed by atoms with Crippen molar-refractivity contribution in [2.45, 2.75) is 44.6 Å². The molecule has 0 aliphatic heterocycles. The van der Waals surface area contributed by atoms with E-state index in [1.807, 2.05) is 0 Å². The Morgan fingerprint density at radius 2 is 2.04 bits per heavy atom. The third-order valence-electron chi connectivity index (χ3n) is 5.52. The van der Waals surface area contributed by atoms with Gasteiger partial charge in [0.15, 0.2) is 0 Å². The van der Waals surface area contributed by atoms with Gasteiger partial charge < -0.3 is 15.4 Å². The molecule has 0 bridgehead atoms. The summed E-state index contributed by atoms with van der Waals surface area (Å²) < 4.78 is 0. The van der Waals surface area contributed by atoms with Crippen LogP contribution in [-0.4, -0.2) is 33.1 Å². The fourth-order valence-electron chi connectivity index (χ4n) is 3.88. The molecule has 1 saturated carbocycles. The van der Waals surface area contributed by atoms with Gasteiger partial charge in [0.2, 0.25) is 5.56 Å². The molecule has 8 heteroatoms. The summed E-state index contributed by atoms with van der Waals surface area (Å²) in [7, 11) is 0. The van der Waals surface area contributed by atoms with Gasteiger partial charge >= 0.3 is 0 Å². The van der Waals surface area contributed by atoms with Crippen molar-refractivity contribution in [1.29, 1.82) is 0 Å². The summed E-state index contributed by atoms with van der Waals surface area (Å²) in [6, 6.07) is 5.11. The van der Waals surface area contributed by atoms with Crippen LogP contribution >= 0.6 is 0 Å². The van der Waals surface area contributed by atoms with Crippen LogP contribution in [0.5, 0.6) is 0 Å². The molecular weight excluding hydrogens is 350 g/mol. The van der Waals surface area contributed by atoms with E-state index in [-0.39, 0.29) is 23.8 Å². The van der Waals surface area contributed by atoms with Crippen LogP contribution in [0.2, 0.25) is 0 Å². The summed E-state index contributed by atoms with van der Waals surface area (Å²) >= 11 is 0. The second kappa shape index (κ2) is 7.48. The van der Waals surface area contributed by atoms with Crippen molar-refractivity contribution in [3.63, 3.8) is 0 Å². The number of pyridine rings is 1. The molecule has 1 aliphatic rings. The normalized spacial score (nSPS) is 17.4. The molecule has 27 heavy (non-hydrogen) atoms. The minimum Gasteiger partial charge on any atom is -0.394 e. The van der Waals surface area contributed by atoms with Crippen molar-refractivity contribution in [3.8, 4) is 0 Å². The van der Waals surface area contributed by atoms with Crippen molar-refractivity contribution >= 4 is 22.5 Å². The van der Waals surface area contributed by atoms with Crippen molar-refractivity contribution in [2.24, 2.45) is 5.92 Å². The predicted molar refractivity (Wildman–Crippen MR) is 101 cm³/mol. The van der Waals surface area contributed by atoms with E-state index in [1.54, 1.807) is 6.92 Å². The average molecular weight is 373 g/mol. The van der Waals surface area contributed by atoms with E-state index in [0.717, 1.165) is 38.2 Å². The van der Waals surface area contributed by atoms with Gasteiger partial charge in [0.1, 0.15) is 0 Å². The first-order chi connectivity index (χ1) is 12.8. The fourth-order valence-corrected chi connectivity index (χ4v) is 3.88. The molecule has 1 amide bonds. The monoisotopic (exact) mass is 373 g/mol. The topological polar surface area (TPSA) is 125 Å². The zero-order valence-electron chi connectivity index (χ0n) is 15.2. The first-order valence-electron chi connectivity index (χ1n) is 9.09. The average Bonchev–Trinajstić information content (AvgIpc) is 2.67. The molecule has 144 valence electrons. The summed E-state index contributed by atoms with van der Waals surface area (Å²) in [6.45, 7) is 1.59. The van der Waals surface area contributed by atoms with E-state index < -0.39 is 21.9 Å². The molecule has 1 aromatic carbocycles. The highest BCUT2D eigenvalue weighted by Crippen LogP contribution is 2.33. The number of aliphatic hydroxyl groups is 1. The number of hydrogen-bond acceptors (Lipinski definition) is 5. The number of aromatic amines is 1. The number of non-ortho nitro benzene ring substituents is 1. The maximum atomic E-state index is 13.0. The first kappa shape index (κ1) is 19.0. The number of benzene rings is 1. The minimum atomic E-state index is -0.812. The Labute approximate surface area is 155 Å². The second-order valence-electron chi connectivity index (χ2n) is 7.40. The number of nitro groups is 1. The SMILES string of the molecule is CC(CO)(NC(=O)c1cc(=O)[nH]c2ccc([N+](=O)[O-])cc12)C1CCCCC1. The Hall–Kier alpha value is -2.74. The number of carbonyl (C=O) groups excluding carboxylic acids is 1. The van der Waals surface area contributed by atoms with Crippen molar-refractivity contribution in [3.05, 3.63) is 50.3 Å².